The van der Waals surface area contributed by atoms with E-state index >= 15 is 0 Å². The minimum Gasteiger partial charge on any atom is -0.383 e. The van der Waals surface area contributed by atoms with Crippen molar-refractivity contribution in [2.75, 3.05) is 6.54 Å². The van der Waals surface area contributed by atoms with E-state index in [9.17, 15) is 9.90 Å². The fraction of sp³-hybridized carbons (Fsp3) is 0.591. The summed E-state index contributed by atoms with van der Waals surface area (Å²) in [6, 6.07) is 10.0. The predicted octanol–water partition coefficient (Wildman–Crippen LogP) is 4.38. The summed E-state index contributed by atoms with van der Waals surface area (Å²) in [7, 11) is 0. The fourth-order valence-corrected chi connectivity index (χ4v) is 7.24. The molecule has 4 aliphatic rings. The van der Waals surface area contributed by atoms with Gasteiger partial charge in [0, 0.05) is 15.1 Å². The maximum Gasteiger partial charge on any atom is 0.315 e. The number of benzene rings is 1. The number of thiophene rings is 1. The summed E-state index contributed by atoms with van der Waals surface area (Å²) in [5.41, 5.74) is -1.06. The lowest BCUT2D eigenvalue weighted by Crippen LogP contribution is -2.62. The van der Waals surface area contributed by atoms with Crippen LogP contribution in [-0.4, -0.2) is 23.2 Å². The summed E-state index contributed by atoms with van der Waals surface area (Å²) in [6.07, 6.45) is 7.51. The first kappa shape index (κ1) is 17.5. The van der Waals surface area contributed by atoms with Gasteiger partial charge >= 0.3 is 6.03 Å². The first-order valence-corrected chi connectivity index (χ1v) is 11.0. The van der Waals surface area contributed by atoms with E-state index in [2.05, 4.69) is 22.8 Å². The highest BCUT2D eigenvalue weighted by Gasteiger charge is 2.51. The van der Waals surface area contributed by atoms with Crippen molar-refractivity contribution < 1.29 is 9.90 Å². The molecule has 1 atom stereocenters. The molecule has 1 aromatic carbocycles. The van der Waals surface area contributed by atoms with Crippen LogP contribution >= 0.6 is 11.3 Å². The minimum absolute atomic E-state index is 0.00228. The Morgan fingerprint density at radius 3 is 2.44 bits per heavy atom. The van der Waals surface area contributed by atoms with Gasteiger partial charge in [-0.1, -0.05) is 18.2 Å². The third kappa shape index (κ3) is 3.25. The smallest absolute Gasteiger partial charge is 0.315 e. The number of aliphatic hydroxyl groups is 1. The average Bonchev–Trinajstić information content (AvgIpc) is 3.04. The van der Waals surface area contributed by atoms with Gasteiger partial charge in [-0.3, -0.25) is 0 Å². The Morgan fingerprint density at radius 2 is 1.81 bits per heavy atom. The maximum atomic E-state index is 12.6. The average molecular weight is 385 g/mol. The Labute approximate surface area is 164 Å². The molecule has 4 nitrogen and oxygen atoms in total. The Hall–Kier alpha value is -1.59. The molecule has 27 heavy (non-hydrogen) atoms. The van der Waals surface area contributed by atoms with Crippen LogP contribution < -0.4 is 10.6 Å². The van der Waals surface area contributed by atoms with Crippen molar-refractivity contribution >= 4 is 27.5 Å². The number of fused-ring (bicyclic) bond motifs is 1. The van der Waals surface area contributed by atoms with Crippen LogP contribution in [0.4, 0.5) is 4.79 Å². The van der Waals surface area contributed by atoms with Crippen molar-refractivity contribution in [3.63, 3.8) is 0 Å². The molecule has 1 aromatic heterocycles. The van der Waals surface area contributed by atoms with Crippen molar-refractivity contribution in [1.29, 1.82) is 0 Å². The molecule has 4 fully saturated rings. The molecular formula is C22H28N2O2S. The Balaban J connectivity index is 1.23. The van der Waals surface area contributed by atoms with E-state index in [1.807, 2.05) is 18.2 Å². The van der Waals surface area contributed by atoms with Crippen LogP contribution in [0, 0.1) is 17.8 Å². The molecule has 3 N–H and O–H groups in total. The highest BCUT2D eigenvalue weighted by atomic mass is 32.1. The van der Waals surface area contributed by atoms with E-state index in [-0.39, 0.29) is 18.1 Å². The molecule has 144 valence electrons. The molecule has 4 saturated carbocycles. The second kappa shape index (κ2) is 6.21. The third-order valence-electron chi connectivity index (χ3n) is 6.97. The number of hydrogen-bond donors (Lipinski definition) is 3. The first-order valence-electron chi connectivity index (χ1n) is 10.2. The largest absolute Gasteiger partial charge is 0.383 e. The number of urea groups is 1. The van der Waals surface area contributed by atoms with Gasteiger partial charge in [0.15, 0.2) is 0 Å². The van der Waals surface area contributed by atoms with Crippen LogP contribution in [0.5, 0.6) is 0 Å². The lowest BCUT2D eigenvalue weighted by Gasteiger charge is -2.56. The molecule has 0 unspecified atom stereocenters. The van der Waals surface area contributed by atoms with Gasteiger partial charge in [0.05, 0.1) is 6.54 Å². The number of nitrogens with one attached hydrogen (secondary N) is 2. The summed E-state index contributed by atoms with van der Waals surface area (Å²) in [4.78, 5) is 13.5. The third-order valence-corrected chi connectivity index (χ3v) is 8.34. The van der Waals surface area contributed by atoms with Crippen molar-refractivity contribution in [3.05, 3.63) is 35.2 Å². The maximum absolute atomic E-state index is 12.6. The zero-order chi connectivity index (χ0) is 18.6. The molecule has 1 heterocycles. The van der Waals surface area contributed by atoms with E-state index in [1.54, 1.807) is 18.3 Å². The van der Waals surface area contributed by atoms with Crippen LogP contribution in [-0.2, 0) is 5.60 Å². The van der Waals surface area contributed by atoms with E-state index in [1.165, 1.54) is 19.3 Å². The highest BCUT2D eigenvalue weighted by Crippen LogP contribution is 2.55. The second-order valence-corrected chi connectivity index (χ2v) is 10.5. The van der Waals surface area contributed by atoms with Gasteiger partial charge < -0.3 is 15.7 Å². The number of carbonyl (C=O) groups is 1. The summed E-state index contributed by atoms with van der Waals surface area (Å²) in [5, 5.41) is 18.3. The molecule has 4 bridgehead atoms. The van der Waals surface area contributed by atoms with Gasteiger partial charge in [-0.05, 0) is 80.7 Å². The monoisotopic (exact) mass is 384 g/mol. The van der Waals surface area contributed by atoms with E-state index in [0.29, 0.717) is 0 Å². The zero-order valence-electron chi connectivity index (χ0n) is 15.8. The number of amides is 2. The summed E-state index contributed by atoms with van der Waals surface area (Å²) >= 11 is 1.59. The topological polar surface area (TPSA) is 61.4 Å². The standard InChI is InChI=1S/C22H28N2O2S/c1-21(26,19-9-17-4-2-3-5-18(17)27-19)13-23-20(25)24-22-10-14-6-15(11-22)8-16(7-14)12-22/h2-5,9,14-16,26H,6-8,10-13H2,1H3,(H2,23,24,25)/t14?,15?,16?,21-,22?/m1/s1. The fourth-order valence-electron chi connectivity index (χ4n) is 6.14. The Bertz CT molecular complexity index is 804. The SMILES string of the molecule is C[C@@](O)(CNC(=O)NC12CC3CC(CC(C3)C1)C2)c1cc2ccccc2s1. The molecule has 0 radical (unpaired) electrons. The molecule has 0 saturated heterocycles. The van der Waals surface area contributed by atoms with Gasteiger partial charge in [-0.15, -0.1) is 11.3 Å². The summed E-state index contributed by atoms with van der Waals surface area (Å²) < 4.78 is 1.16. The van der Waals surface area contributed by atoms with Crippen molar-refractivity contribution in [1.82, 2.24) is 10.6 Å². The van der Waals surface area contributed by atoms with Crippen molar-refractivity contribution in [3.8, 4) is 0 Å². The van der Waals surface area contributed by atoms with Crippen LogP contribution in [0.3, 0.4) is 0 Å². The lowest BCUT2D eigenvalue weighted by atomic mass is 9.53. The van der Waals surface area contributed by atoms with Crippen molar-refractivity contribution in [2.24, 2.45) is 17.8 Å². The molecule has 2 amide bonds. The summed E-state index contributed by atoms with van der Waals surface area (Å²) in [6.45, 7) is 2.00. The summed E-state index contributed by atoms with van der Waals surface area (Å²) in [5.74, 6) is 2.41. The van der Waals surface area contributed by atoms with Gasteiger partial charge in [0.25, 0.3) is 0 Å². The quantitative estimate of drug-likeness (QED) is 0.733. The van der Waals surface area contributed by atoms with E-state index in [4.69, 9.17) is 0 Å². The van der Waals surface area contributed by atoms with Gasteiger partial charge in [-0.25, -0.2) is 4.79 Å². The number of carbonyl (C=O) groups excluding carboxylic acids is 1. The molecule has 0 aliphatic heterocycles. The van der Waals surface area contributed by atoms with E-state index < -0.39 is 5.60 Å². The zero-order valence-corrected chi connectivity index (χ0v) is 16.6. The second-order valence-electron chi connectivity index (χ2n) is 9.43. The molecule has 6 rings (SSSR count). The predicted molar refractivity (Wildman–Crippen MR) is 109 cm³/mol. The van der Waals surface area contributed by atoms with Gasteiger partial charge in [0.2, 0.25) is 0 Å². The molecule has 4 aliphatic carbocycles. The van der Waals surface area contributed by atoms with E-state index in [0.717, 1.165) is 52.0 Å². The first-order chi connectivity index (χ1) is 12.9. The Morgan fingerprint density at radius 1 is 1.19 bits per heavy atom. The molecule has 0 spiro atoms. The molecule has 5 heteroatoms. The minimum atomic E-state index is -1.07. The van der Waals surface area contributed by atoms with Crippen LogP contribution in [0.1, 0.15) is 50.3 Å². The normalized spacial score (nSPS) is 33.8. The molecular weight excluding hydrogens is 356 g/mol. The molecule has 2 aromatic rings. The van der Waals surface area contributed by atoms with Gasteiger partial charge in [0.1, 0.15) is 5.60 Å². The Kier molecular flexibility index (Phi) is 4.03. The number of rotatable bonds is 4. The van der Waals surface area contributed by atoms with Crippen molar-refractivity contribution in [2.45, 2.75) is 56.6 Å². The van der Waals surface area contributed by atoms with Gasteiger partial charge in [-0.2, -0.15) is 0 Å². The number of hydrogen-bond acceptors (Lipinski definition) is 3. The highest BCUT2D eigenvalue weighted by molar-refractivity contribution is 7.19. The van der Waals surface area contributed by atoms with Crippen LogP contribution in [0.2, 0.25) is 0 Å². The lowest BCUT2D eigenvalue weighted by molar-refractivity contribution is -0.0141. The van der Waals surface area contributed by atoms with Crippen LogP contribution in [0.25, 0.3) is 10.1 Å². The van der Waals surface area contributed by atoms with Crippen LogP contribution in [0.15, 0.2) is 30.3 Å².